The summed E-state index contributed by atoms with van der Waals surface area (Å²) in [5.74, 6) is -0.373. The quantitative estimate of drug-likeness (QED) is 0.645. The summed E-state index contributed by atoms with van der Waals surface area (Å²) in [5, 5.41) is 24.7. The largest absolute Gasteiger partial charge is 0.322 e. The van der Waals surface area contributed by atoms with E-state index in [1.807, 2.05) is 19.9 Å². The van der Waals surface area contributed by atoms with E-state index in [0.717, 1.165) is 17.7 Å². The molecular formula is C17H17N3O5. The van der Waals surface area contributed by atoms with Crippen LogP contribution in [0, 0.1) is 27.2 Å². The predicted octanol–water partition coefficient (Wildman–Crippen LogP) is 4.19. The molecule has 0 radical (unpaired) electrons. The van der Waals surface area contributed by atoms with Gasteiger partial charge in [-0.15, -0.1) is 0 Å². The maximum atomic E-state index is 12.5. The lowest BCUT2D eigenvalue weighted by Crippen LogP contribution is -2.15. The Morgan fingerprint density at radius 2 is 1.76 bits per heavy atom. The van der Waals surface area contributed by atoms with Crippen LogP contribution in [-0.4, -0.2) is 15.8 Å². The van der Waals surface area contributed by atoms with E-state index in [2.05, 4.69) is 5.32 Å². The van der Waals surface area contributed by atoms with Gasteiger partial charge in [-0.2, -0.15) is 0 Å². The maximum Gasteiger partial charge on any atom is 0.279 e. The summed E-state index contributed by atoms with van der Waals surface area (Å²) in [6, 6.07) is 9.08. The van der Waals surface area contributed by atoms with Crippen LogP contribution in [0.25, 0.3) is 0 Å². The Morgan fingerprint density at radius 3 is 2.32 bits per heavy atom. The van der Waals surface area contributed by atoms with Gasteiger partial charge in [0.25, 0.3) is 17.3 Å². The molecule has 0 aliphatic rings. The van der Waals surface area contributed by atoms with E-state index in [1.165, 1.54) is 6.92 Å². The smallest absolute Gasteiger partial charge is 0.279 e. The van der Waals surface area contributed by atoms with Crippen molar-refractivity contribution in [2.75, 3.05) is 5.32 Å². The molecule has 0 aromatic heterocycles. The number of anilines is 1. The molecule has 0 spiro atoms. The zero-order valence-corrected chi connectivity index (χ0v) is 14.0. The highest BCUT2D eigenvalue weighted by atomic mass is 16.6. The molecular weight excluding hydrogens is 326 g/mol. The average Bonchev–Trinajstić information content (AvgIpc) is 2.54. The number of hydrogen-bond acceptors (Lipinski definition) is 5. The number of nitrogens with zero attached hydrogens (tertiary/aromatic N) is 2. The van der Waals surface area contributed by atoms with Crippen molar-refractivity contribution >= 4 is 23.0 Å². The molecule has 0 saturated heterocycles. The van der Waals surface area contributed by atoms with Crippen LogP contribution in [0.1, 0.15) is 41.3 Å². The molecule has 0 atom stereocenters. The molecule has 25 heavy (non-hydrogen) atoms. The van der Waals surface area contributed by atoms with E-state index in [0.29, 0.717) is 5.69 Å². The van der Waals surface area contributed by atoms with Gasteiger partial charge in [0.2, 0.25) is 0 Å². The number of nitro benzene ring substituents is 2. The van der Waals surface area contributed by atoms with Crippen molar-refractivity contribution in [2.24, 2.45) is 0 Å². The molecule has 0 unspecified atom stereocenters. The lowest BCUT2D eigenvalue weighted by Gasteiger charge is -2.11. The highest BCUT2D eigenvalue weighted by Gasteiger charge is 2.24. The molecule has 0 bridgehead atoms. The Morgan fingerprint density at radius 1 is 1.08 bits per heavy atom. The van der Waals surface area contributed by atoms with Crippen molar-refractivity contribution in [3.8, 4) is 0 Å². The zero-order valence-electron chi connectivity index (χ0n) is 14.0. The van der Waals surface area contributed by atoms with Crippen LogP contribution in [-0.2, 0) is 0 Å². The lowest BCUT2D eigenvalue weighted by molar-refractivity contribution is -0.394. The highest BCUT2D eigenvalue weighted by molar-refractivity contribution is 6.06. The number of amides is 1. The average molecular weight is 343 g/mol. The van der Waals surface area contributed by atoms with E-state index in [4.69, 9.17) is 0 Å². The summed E-state index contributed by atoms with van der Waals surface area (Å²) in [6.45, 7) is 5.41. The molecule has 0 heterocycles. The van der Waals surface area contributed by atoms with Crippen LogP contribution < -0.4 is 5.32 Å². The third-order valence-corrected chi connectivity index (χ3v) is 3.83. The molecule has 130 valence electrons. The highest BCUT2D eigenvalue weighted by Crippen LogP contribution is 2.29. The van der Waals surface area contributed by atoms with Crippen molar-refractivity contribution in [3.63, 3.8) is 0 Å². The van der Waals surface area contributed by atoms with Crippen LogP contribution >= 0.6 is 0 Å². The molecule has 1 amide bonds. The van der Waals surface area contributed by atoms with Crippen LogP contribution in [0.2, 0.25) is 0 Å². The van der Waals surface area contributed by atoms with Crippen molar-refractivity contribution in [2.45, 2.75) is 26.7 Å². The number of rotatable bonds is 5. The molecule has 0 saturated carbocycles. The molecule has 2 aromatic carbocycles. The summed E-state index contributed by atoms with van der Waals surface area (Å²) in [5.41, 5.74) is 0.543. The fraction of sp³-hybridized carbons (Fsp3) is 0.235. The first-order valence-electron chi connectivity index (χ1n) is 7.55. The second-order valence-electron chi connectivity index (χ2n) is 5.89. The van der Waals surface area contributed by atoms with Gasteiger partial charge in [-0.05, 0) is 30.5 Å². The van der Waals surface area contributed by atoms with Gasteiger partial charge in [0, 0.05) is 17.3 Å². The minimum atomic E-state index is -0.761. The summed E-state index contributed by atoms with van der Waals surface area (Å²) in [6.07, 6.45) is 0. The van der Waals surface area contributed by atoms with Crippen molar-refractivity contribution < 1.29 is 14.6 Å². The second-order valence-corrected chi connectivity index (χ2v) is 5.89. The first kappa shape index (κ1) is 18.1. The van der Waals surface area contributed by atoms with Gasteiger partial charge in [-0.1, -0.05) is 26.0 Å². The number of nitrogens with one attached hydrogen (secondary N) is 1. The fourth-order valence-electron chi connectivity index (χ4n) is 2.39. The normalized spacial score (nSPS) is 10.6. The Balaban J connectivity index is 2.43. The fourth-order valence-corrected chi connectivity index (χ4v) is 2.39. The van der Waals surface area contributed by atoms with E-state index >= 15 is 0 Å². The van der Waals surface area contributed by atoms with Gasteiger partial charge in [0.05, 0.1) is 21.5 Å². The van der Waals surface area contributed by atoms with Gasteiger partial charge >= 0.3 is 0 Å². The van der Waals surface area contributed by atoms with Gasteiger partial charge in [-0.25, -0.2) is 0 Å². The number of carbonyl (C=O) groups excluding carboxylic acids is 1. The maximum absolute atomic E-state index is 12.5. The summed E-state index contributed by atoms with van der Waals surface area (Å²) in [4.78, 5) is 33.1. The van der Waals surface area contributed by atoms with Crippen molar-refractivity contribution in [1.29, 1.82) is 0 Å². The van der Waals surface area contributed by atoms with Crippen LogP contribution in [0.15, 0.2) is 36.4 Å². The van der Waals surface area contributed by atoms with Gasteiger partial charge in [-0.3, -0.25) is 25.0 Å². The topological polar surface area (TPSA) is 115 Å². The van der Waals surface area contributed by atoms with Crippen LogP contribution in [0.4, 0.5) is 17.1 Å². The Bertz CT molecular complexity index is 861. The van der Waals surface area contributed by atoms with Crippen LogP contribution in [0.5, 0.6) is 0 Å². The van der Waals surface area contributed by atoms with Crippen LogP contribution in [0.3, 0.4) is 0 Å². The number of non-ortho nitro benzene ring substituents is 1. The lowest BCUT2D eigenvalue weighted by atomic mass is 10.0. The zero-order chi connectivity index (χ0) is 18.7. The molecule has 0 aliphatic carbocycles. The molecule has 0 aliphatic heterocycles. The first-order valence-corrected chi connectivity index (χ1v) is 7.55. The SMILES string of the molecule is Cc1c(C(=O)Nc2cccc(C(C)C)c2)cc([N+](=O)[O-])cc1[N+](=O)[O-]. The molecule has 1 N–H and O–H groups in total. The third kappa shape index (κ3) is 3.97. The van der Waals surface area contributed by atoms with E-state index in [1.54, 1.807) is 18.2 Å². The van der Waals surface area contributed by atoms with Gasteiger partial charge in [0.1, 0.15) is 0 Å². The summed E-state index contributed by atoms with van der Waals surface area (Å²) < 4.78 is 0. The summed E-state index contributed by atoms with van der Waals surface area (Å²) >= 11 is 0. The number of hydrogen-bond donors (Lipinski definition) is 1. The number of benzene rings is 2. The van der Waals surface area contributed by atoms with Crippen molar-refractivity contribution in [3.05, 3.63) is 73.3 Å². The predicted molar refractivity (Wildman–Crippen MR) is 93.0 cm³/mol. The minimum Gasteiger partial charge on any atom is -0.322 e. The number of carbonyl (C=O) groups is 1. The van der Waals surface area contributed by atoms with E-state index < -0.39 is 27.1 Å². The Hall–Kier alpha value is -3.29. The molecule has 8 heteroatoms. The molecule has 2 aromatic rings. The van der Waals surface area contributed by atoms with Gasteiger partial charge < -0.3 is 5.32 Å². The second kappa shape index (κ2) is 7.08. The standard InChI is InChI=1S/C17H17N3O5/c1-10(2)12-5-4-6-13(7-12)18-17(21)15-8-14(19(22)23)9-16(11(15)3)20(24)25/h4-10H,1-3H3,(H,18,21). The van der Waals surface area contributed by atoms with Crippen molar-refractivity contribution in [1.82, 2.24) is 0 Å². The molecule has 8 nitrogen and oxygen atoms in total. The molecule has 0 fully saturated rings. The summed E-state index contributed by atoms with van der Waals surface area (Å²) in [7, 11) is 0. The monoisotopic (exact) mass is 343 g/mol. The van der Waals surface area contributed by atoms with Gasteiger partial charge in [0.15, 0.2) is 0 Å². The van der Waals surface area contributed by atoms with E-state index in [-0.39, 0.29) is 17.0 Å². The Labute approximate surface area is 143 Å². The minimum absolute atomic E-state index is 0.0770. The first-order chi connectivity index (χ1) is 11.7. The molecule has 2 rings (SSSR count). The van der Waals surface area contributed by atoms with E-state index in [9.17, 15) is 25.0 Å². The Kier molecular flexibility index (Phi) is 5.11. The third-order valence-electron chi connectivity index (χ3n) is 3.83. The number of nitro groups is 2.